The molecule has 17 heavy (non-hydrogen) atoms. The minimum Gasteiger partial charge on any atom is -0.480 e. The smallest absolute Gasteiger partial charge is 0.324 e. The molecule has 1 N–H and O–H groups in total. The molecule has 0 aliphatic rings. The molecular formula is C14H29NO2. The molecule has 0 radical (unpaired) electrons. The normalized spacial score (nSPS) is 17.2. The molecule has 0 saturated heterocycles. The van der Waals surface area contributed by atoms with Gasteiger partial charge in [-0.25, -0.2) is 0 Å². The number of hydrogen-bond donors (Lipinski definition) is 1. The highest BCUT2D eigenvalue weighted by Crippen LogP contribution is 2.29. The molecule has 2 unspecified atom stereocenters. The molecule has 0 fully saturated rings. The summed E-state index contributed by atoms with van der Waals surface area (Å²) < 4.78 is 0. The van der Waals surface area contributed by atoms with Gasteiger partial charge in [-0.05, 0) is 31.7 Å². The molecule has 0 bridgehead atoms. The van der Waals surface area contributed by atoms with Gasteiger partial charge in [0.05, 0.1) is 0 Å². The van der Waals surface area contributed by atoms with Crippen LogP contribution in [0.25, 0.3) is 0 Å². The fourth-order valence-electron chi connectivity index (χ4n) is 2.42. The second kappa shape index (κ2) is 7.00. The molecular weight excluding hydrogens is 214 g/mol. The Labute approximate surface area is 106 Å². The van der Waals surface area contributed by atoms with Crippen LogP contribution in [0.15, 0.2) is 0 Å². The van der Waals surface area contributed by atoms with Crippen LogP contribution in [-0.2, 0) is 4.79 Å². The molecule has 0 saturated carbocycles. The summed E-state index contributed by atoms with van der Waals surface area (Å²) in [5.41, 5.74) is -0.695. The van der Waals surface area contributed by atoms with Gasteiger partial charge in [0.25, 0.3) is 0 Å². The number of hydrogen-bond acceptors (Lipinski definition) is 2. The van der Waals surface area contributed by atoms with E-state index in [2.05, 4.69) is 27.7 Å². The first kappa shape index (κ1) is 16.4. The number of nitrogens with zero attached hydrogens (tertiary/aromatic N) is 1. The Balaban J connectivity index is 4.99. The summed E-state index contributed by atoms with van der Waals surface area (Å²) in [7, 11) is 1.94. The second-order valence-electron chi connectivity index (χ2n) is 5.68. The minimum absolute atomic E-state index is 0.445. The predicted molar refractivity (Wildman–Crippen MR) is 72.2 cm³/mol. The quantitative estimate of drug-likeness (QED) is 0.711. The van der Waals surface area contributed by atoms with Crippen LogP contribution in [0, 0.1) is 11.8 Å². The fraction of sp³-hybridized carbons (Fsp3) is 0.929. The van der Waals surface area contributed by atoms with Crippen LogP contribution >= 0.6 is 0 Å². The van der Waals surface area contributed by atoms with Gasteiger partial charge >= 0.3 is 5.97 Å². The average Bonchev–Trinajstić information content (AvgIpc) is 2.23. The van der Waals surface area contributed by atoms with Crippen LogP contribution in [0.1, 0.15) is 53.9 Å². The summed E-state index contributed by atoms with van der Waals surface area (Å²) in [6.07, 6.45) is 2.43. The van der Waals surface area contributed by atoms with Gasteiger partial charge in [-0.3, -0.25) is 9.69 Å². The lowest BCUT2D eigenvalue weighted by Gasteiger charge is -2.40. The Morgan fingerprint density at radius 1 is 1.29 bits per heavy atom. The largest absolute Gasteiger partial charge is 0.480 e. The highest BCUT2D eigenvalue weighted by molar-refractivity contribution is 5.78. The minimum atomic E-state index is -0.695. The summed E-state index contributed by atoms with van der Waals surface area (Å²) in [5, 5.41) is 9.61. The molecule has 3 heteroatoms. The lowest BCUT2D eigenvalue weighted by molar-refractivity contribution is -0.152. The molecule has 3 nitrogen and oxygen atoms in total. The summed E-state index contributed by atoms with van der Waals surface area (Å²) in [6, 6.07) is 0. The number of carbonyl (C=O) groups is 1. The Hall–Kier alpha value is -0.570. The first-order valence-corrected chi connectivity index (χ1v) is 6.74. The SMILES string of the molecule is CCC(C)CC(CC)(C(=O)O)N(C)CC(C)C. The lowest BCUT2D eigenvalue weighted by Crippen LogP contribution is -2.54. The van der Waals surface area contributed by atoms with Crippen LogP contribution in [0.3, 0.4) is 0 Å². The van der Waals surface area contributed by atoms with Crippen molar-refractivity contribution in [2.75, 3.05) is 13.6 Å². The maximum Gasteiger partial charge on any atom is 0.324 e. The number of carboxylic acid groups (broad SMARTS) is 1. The summed E-state index contributed by atoms with van der Waals surface area (Å²) in [5.74, 6) is 0.256. The standard InChI is InChI=1S/C14H29NO2/c1-7-12(5)9-14(8-2,13(16)17)15(6)10-11(3)4/h11-12H,7-10H2,1-6H3,(H,16,17). The summed E-state index contributed by atoms with van der Waals surface area (Å²) in [6.45, 7) is 11.3. The molecule has 0 spiro atoms. The third-order valence-corrected chi connectivity index (χ3v) is 3.74. The number of carboxylic acids is 1. The Kier molecular flexibility index (Phi) is 6.76. The van der Waals surface area contributed by atoms with Crippen molar-refractivity contribution in [1.82, 2.24) is 4.90 Å². The zero-order chi connectivity index (χ0) is 13.6. The van der Waals surface area contributed by atoms with E-state index in [1.165, 1.54) is 0 Å². The first-order valence-electron chi connectivity index (χ1n) is 6.74. The fourth-order valence-corrected chi connectivity index (χ4v) is 2.42. The molecule has 0 amide bonds. The second-order valence-corrected chi connectivity index (χ2v) is 5.68. The molecule has 0 rings (SSSR count). The Morgan fingerprint density at radius 3 is 2.12 bits per heavy atom. The van der Waals surface area contributed by atoms with Gasteiger partial charge in [-0.1, -0.05) is 41.0 Å². The monoisotopic (exact) mass is 243 g/mol. The van der Waals surface area contributed by atoms with Gasteiger partial charge in [0.2, 0.25) is 0 Å². The summed E-state index contributed by atoms with van der Waals surface area (Å²) >= 11 is 0. The van der Waals surface area contributed by atoms with E-state index < -0.39 is 11.5 Å². The van der Waals surface area contributed by atoms with Crippen molar-refractivity contribution in [3.63, 3.8) is 0 Å². The highest BCUT2D eigenvalue weighted by Gasteiger charge is 2.41. The third-order valence-electron chi connectivity index (χ3n) is 3.74. The maximum absolute atomic E-state index is 11.7. The molecule has 0 aliphatic heterocycles. The van der Waals surface area contributed by atoms with Gasteiger partial charge in [-0.2, -0.15) is 0 Å². The van der Waals surface area contributed by atoms with Crippen molar-refractivity contribution in [2.24, 2.45) is 11.8 Å². The van der Waals surface area contributed by atoms with Crippen molar-refractivity contribution in [3.05, 3.63) is 0 Å². The van der Waals surface area contributed by atoms with Crippen molar-refractivity contribution in [2.45, 2.75) is 59.4 Å². The van der Waals surface area contributed by atoms with E-state index in [0.29, 0.717) is 18.3 Å². The van der Waals surface area contributed by atoms with Crippen LogP contribution in [0.4, 0.5) is 0 Å². The van der Waals surface area contributed by atoms with Crippen LogP contribution in [-0.4, -0.2) is 35.1 Å². The van der Waals surface area contributed by atoms with Gasteiger partial charge in [0, 0.05) is 6.54 Å². The number of aliphatic carboxylic acids is 1. The van der Waals surface area contributed by atoms with E-state index in [9.17, 15) is 9.90 Å². The molecule has 0 aromatic heterocycles. The highest BCUT2D eigenvalue weighted by atomic mass is 16.4. The zero-order valence-corrected chi connectivity index (χ0v) is 12.3. The number of rotatable bonds is 8. The molecule has 102 valence electrons. The average molecular weight is 243 g/mol. The number of likely N-dealkylation sites (N-methyl/N-ethyl adjacent to an activating group) is 1. The first-order chi connectivity index (χ1) is 7.80. The van der Waals surface area contributed by atoms with E-state index in [4.69, 9.17) is 0 Å². The van der Waals surface area contributed by atoms with Crippen LogP contribution in [0.5, 0.6) is 0 Å². The lowest BCUT2D eigenvalue weighted by atomic mass is 9.83. The topological polar surface area (TPSA) is 40.5 Å². The van der Waals surface area contributed by atoms with E-state index in [-0.39, 0.29) is 0 Å². The predicted octanol–water partition coefficient (Wildman–Crippen LogP) is 3.24. The van der Waals surface area contributed by atoms with E-state index in [0.717, 1.165) is 19.4 Å². The van der Waals surface area contributed by atoms with Crippen molar-refractivity contribution in [3.8, 4) is 0 Å². The van der Waals surface area contributed by atoms with E-state index in [1.54, 1.807) is 0 Å². The van der Waals surface area contributed by atoms with E-state index >= 15 is 0 Å². The molecule has 2 atom stereocenters. The van der Waals surface area contributed by atoms with Gasteiger partial charge < -0.3 is 5.11 Å². The molecule has 0 aliphatic carbocycles. The van der Waals surface area contributed by atoms with Crippen LogP contribution in [0.2, 0.25) is 0 Å². The molecule has 0 heterocycles. The van der Waals surface area contributed by atoms with Crippen LogP contribution < -0.4 is 0 Å². The Morgan fingerprint density at radius 2 is 1.82 bits per heavy atom. The van der Waals surface area contributed by atoms with Gasteiger partial charge in [-0.15, -0.1) is 0 Å². The molecule has 0 aromatic carbocycles. The van der Waals surface area contributed by atoms with Gasteiger partial charge in [0.1, 0.15) is 5.54 Å². The Bertz CT molecular complexity index is 240. The van der Waals surface area contributed by atoms with Crippen molar-refractivity contribution >= 4 is 5.97 Å². The zero-order valence-electron chi connectivity index (χ0n) is 12.3. The summed E-state index contributed by atoms with van der Waals surface area (Å²) in [4.78, 5) is 13.7. The molecule has 0 aromatic rings. The van der Waals surface area contributed by atoms with Gasteiger partial charge in [0.15, 0.2) is 0 Å². The van der Waals surface area contributed by atoms with Crippen molar-refractivity contribution in [1.29, 1.82) is 0 Å². The van der Waals surface area contributed by atoms with Crippen molar-refractivity contribution < 1.29 is 9.90 Å². The maximum atomic E-state index is 11.7. The third kappa shape index (κ3) is 4.30. The van der Waals surface area contributed by atoms with E-state index in [1.807, 2.05) is 18.9 Å².